The number of fused-ring (bicyclic) bond motifs is 1. The number of aromatic nitrogens is 3. The molecule has 0 atom stereocenters. The normalized spacial score (nSPS) is 13.8. The average Bonchev–Trinajstić information content (AvgIpc) is 3.38. The standard InChI is InChI=1S/C28H22FN5OS/c29-21-11-9-20(10-12-21)28(35)34-16-14-33(15-17-34)26-24-22(19-6-2-1-3-7-19)18-36-27(24)32-25(31-26)23-8-4-5-13-30-23/h1-13,18H,14-17H2. The molecule has 0 N–H and O–H groups in total. The number of amides is 1. The summed E-state index contributed by atoms with van der Waals surface area (Å²) in [6, 6.07) is 21.7. The minimum Gasteiger partial charge on any atom is -0.352 e. The third kappa shape index (κ3) is 4.20. The van der Waals surface area contributed by atoms with E-state index in [0.717, 1.165) is 32.9 Å². The summed E-state index contributed by atoms with van der Waals surface area (Å²) in [4.78, 5) is 32.2. The molecule has 0 aliphatic carbocycles. The number of carbonyl (C=O) groups is 1. The van der Waals surface area contributed by atoms with Crippen molar-refractivity contribution in [2.75, 3.05) is 31.1 Å². The smallest absolute Gasteiger partial charge is 0.253 e. The minimum atomic E-state index is -0.349. The first-order valence-corrected chi connectivity index (χ1v) is 12.6. The van der Waals surface area contributed by atoms with Crippen LogP contribution in [0.2, 0.25) is 0 Å². The van der Waals surface area contributed by atoms with E-state index in [9.17, 15) is 9.18 Å². The van der Waals surface area contributed by atoms with Crippen LogP contribution in [0.1, 0.15) is 10.4 Å². The third-order valence-corrected chi connectivity index (χ3v) is 7.22. The molecule has 8 heteroatoms. The number of carbonyl (C=O) groups excluding carboxylic acids is 1. The monoisotopic (exact) mass is 495 g/mol. The zero-order chi connectivity index (χ0) is 24.5. The molecule has 0 unspecified atom stereocenters. The number of hydrogen-bond donors (Lipinski definition) is 0. The van der Waals surface area contributed by atoms with E-state index in [1.807, 2.05) is 41.3 Å². The predicted molar refractivity (Wildman–Crippen MR) is 141 cm³/mol. The number of nitrogens with zero attached hydrogens (tertiary/aromatic N) is 5. The topological polar surface area (TPSA) is 62.2 Å². The van der Waals surface area contributed by atoms with E-state index in [2.05, 4.69) is 27.4 Å². The number of piperazine rings is 1. The second kappa shape index (κ2) is 9.47. The molecule has 2 aromatic carbocycles. The van der Waals surface area contributed by atoms with Gasteiger partial charge in [-0.2, -0.15) is 0 Å². The van der Waals surface area contributed by atoms with Gasteiger partial charge in [0.05, 0.1) is 5.39 Å². The van der Waals surface area contributed by atoms with Crippen molar-refractivity contribution in [2.45, 2.75) is 0 Å². The maximum absolute atomic E-state index is 13.3. The van der Waals surface area contributed by atoms with Crippen LogP contribution in [0.3, 0.4) is 0 Å². The SMILES string of the molecule is O=C(c1ccc(F)cc1)N1CCN(c2nc(-c3ccccn3)nc3scc(-c4ccccc4)c23)CC1. The van der Waals surface area contributed by atoms with Gasteiger partial charge in [-0.3, -0.25) is 9.78 Å². The molecule has 6 rings (SSSR count). The van der Waals surface area contributed by atoms with Crippen molar-refractivity contribution in [1.29, 1.82) is 0 Å². The molecule has 6 nitrogen and oxygen atoms in total. The average molecular weight is 496 g/mol. The van der Waals surface area contributed by atoms with Gasteiger partial charge < -0.3 is 9.80 Å². The van der Waals surface area contributed by atoms with E-state index in [4.69, 9.17) is 9.97 Å². The maximum Gasteiger partial charge on any atom is 0.253 e. The zero-order valence-electron chi connectivity index (χ0n) is 19.3. The molecule has 3 aromatic heterocycles. The second-order valence-electron chi connectivity index (χ2n) is 8.57. The van der Waals surface area contributed by atoms with Crippen molar-refractivity contribution >= 4 is 33.3 Å². The molecule has 36 heavy (non-hydrogen) atoms. The van der Waals surface area contributed by atoms with E-state index in [0.29, 0.717) is 37.6 Å². The summed E-state index contributed by atoms with van der Waals surface area (Å²) in [7, 11) is 0. The largest absolute Gasteiger partial charge is 0.352 e. The molecule has 0 bridgehead atoms. The summed E-state index contributed by atoms with van der Waals surface area (Å²) >= 11 is 1.60. The first-order valence-electron chi connectivity index (χ1n) is 11.7. The van der Waals surface area contributed by atoms with Gasteiger partial charge >= 0.3 is 0 Å². The molecule has 0 radical (unpaired) electrons. The van der Waals surface area contributed by atoms with Crippen molar-refractivity contribution < 1.29 is 9.18 Å². The molecule has 1 aliphatic rings. The van der Waals surface area contributed by atoms with E-state index in [1.54, 1.807) is 17.5 Å². The van der Waals surface area contributed by atoms with Gasteiger partial charge in [-0.1, -0.05) is 36.4 Å². The number of hydrogen-bond acceptors (Lipinski definition) is 6. The van der Waals surface area contributed by atoms with Crippen LogP contribution < -0.4 is 4.90 Å². The Morgan fingerprint density at radius 2 is 1.61 bits per heavy atom. The minimum absolute atomic E-state index is 0.0860. The van der Waals surface area contributed by atoms with Crippen LogP contribution >= 0.6 is 11.3 Å². The number of thiophene rings is 1. The van der Waals surface area contributed by atoms with Gasteiger partial charge in [0.15, 0.2) is 5.82 Å². The van der Waals surface area contributed by atoms with Crippen LogP contribution in [0.25, 0.3) is 32.9 Å². The molecule has 1 saturated heterocycles. The van der Waals surface area contributed by atoms with E-state index in [-0.39, 0.29) is 11.7 Å². The number of rotatable bonds is 4. The van der Waals surface area contributed by atoms with Gasteiger partial charge in [0.2, 0.25) is 0 Å². The summed E-state index contributed by atoms with van der Waals surface area (Å²) in [6.07, 6.45) is 1.74. The van der Waals surface area contributed by atoms with E-state index >= 15 is 0 Å². The molecule has 1 aliphatic heterocycles. The van der Waals surface area contributed by atoms with Gasteiger partial charge in [0, 0.05) is 48.9 Å². The first-order chi connectivity index (χ1) is 17.7. The van der Waals surface area contributed by atoms with E-state index < -0.39 is 0 Å². The highest BCUT2D eigenvalue weighted by atomic mass is 32.1. The number of anilines is 1. The molecule has 0 saturated carbocycles. The van der Waals surface area contributed by atoms with Crippen LogP contribution in [-0.2, 0) is 0 Å². The van der Waals surface area contributed by atoms with Gasteiger partial charge in [-0.15, -0.1) is 11.3 Å². The van der Waals surface area contributed by atoms with Gasteiger partial charge in [0.1, 0.15) is 22.2 Å². The number of pyridine rings is 1. The highest BCUT2D eigenvalue weighted by molar-refractivity contribution is 7.17. The van der Waals surface area contributed by atoms with Crippen molar-refractivity contribution in [3.05, 3.63) is 95.8 Å². The van der Waals surface area contributed by atoms with Crippen LogP contribution in [0.5, 0.6) is 0 Å². The lowest BCUT2D eigenvalue weighted by atomic mass is 10.1. The Balaban J connectivity index is 1.36. The van der Waals surface area contributed by atoms with Crippen molar-refractivity contribution in [1.82, 2.24) is 19.9 Å². The van der Waals surface area contributed by atoms with Crippen LogP contribution in [0, 0.1) is 5.82 Å². The molecule has 4 heterocycles. The lowest BCUT2D eigenvalue weighted by Crippen LogP contribution is -2.49. The Morgan fingerprint density at radius 1 is 0.861 bits per heavy atom. The van der Waals surface area contributed by atoms with Crippen molar-refractivity contribution in [3.63, 3.8) is 0 Å². The highest BCUT2D eigenvalue weighted by Gasteiger charge is 2.26. The fourth-order valence-corrected chi connectivity index (χ4v) is 5.43. The van der Waals surface area contributed by atoms with Gasteiger partial charge in [0.25, 0.3) is 5.91 Å². The Hall–Kier alpha value is -4.17. The quantitative estimate of drug-likeness (QED) is 0.329. The molecule has 1 fully saturated rings. The van der Waals surface area contributed by atoms with E-state index in [1.165, 1.54) is 24.3 Å². The predicted octanol–water partition coefficient (Wildman–Crippen LogP) is 5.52. The molecular weight excluding hydrogens is 473 g/mol. The van der Waals surface area contributed by atoms with Gasteiger partial charge in [-0.05, 0) is 42.0 Å². The van der Waals surface area contributed by atoms with Crippen molar-refractivity contribution in [2.24, 2.45) is 0 Å². The number of benzene rings is 2. The molecule has 5 aromatic rings. The number of halogens is 1. The Labute approximate surface area is 211 Å². The zero-order valence-corrected chi connectivity index (χ0v) is 20.2. The molecule has 1 amide bonds. The second-order valence-corrected chi connectivity index (χ2v) is 9.43. The molecule has 178 valence electrons. The Morgan fingerprint density at radius 3 is 2.33 bits per heavy atom. The summed E-state index contributed by atoms with van der Waals surface area (Å²) in [5.74, 6) is 1.01. The summed E-state index contributed by atoms with van der Waals surface area (Å²) in [5.41, 5.74) is 3.43. The third-order valence-electron chi connectivity index (χ3n) is 6.35. The summed E-state index contributed by atoms with van der Waals surface area (Å²) in [6.45, 7) is 2.35. The lowest BCUT2D eigenvalue weighted by Gasteiger charge is -2.36. The molecular formula is C28H22FN5OS. The first kappa shape index (κ1) is 22.3. The molecule has 0 spiro atoms. The Bertz CT molecular complexity index is 1510. The summed E-state index contributed by atoms with van der Waals surface area (Å²) in [5, 5.41) is 3.15. The fraction of sp³-hybridized carbons (Fsp3) is 0.143. The van der Waals surface area contributed by atoms with Crippen LogP contribution in [0.4, 0.5) is 10.2 Å². The van der Waals surface area contributed by atoms with Crippen molar-refractivity contribution in [3.8, 4) is 22.6 Å². The Kier molecular flexibility index (Phi) is 5.87. The fourth-order valence-electron chi connectivity index (χ4n) is 4.49. The maximum atomic E-state index is 13.3. The van der Waals surface area contributed by atoms with Gasteiger partial charge in [-0.25, -0.2) is 14.4 Å². The summed E-state index contributed by atoms with van der Waals surface area (Å²) < 4.78 is 13.3. The highest BCUT2D eigenvalue weighted by Crippen LogP contribution is 2.39. The van der Waals surface area contributed by atoms with Crippen LogP contribution in [0.15, 0.2) is 84.4 Å². The lowest BCUT2D eigenvalue weighted by molar-refractivity contribution is 0.0746. The van der Waals surface area contributed by atoms with Crippen LogP contribution in [-0.4, -0.2) is 51.9 Å².